The summed E-state index contributed by atoms with van der Waals surface area (Å²) in [6, 6.07) is 0. The monoisotopic (exact) mass is 249 g/mol. The molecule has 0 radical (unpaired) electrons. The van der Waals surface area contributed by atoms with Crippen molar-refractivity contribution in [3.8, 4) is 0 Å². The van der Waals surface area contributed by atoms with Crippen LogP contribution in [0.5, 0.6) is 0 Å². The molecule has 1 N–H and O–H groups in total. The first-order chi connectivity index (χ1) is 8.86. The number of piperidine rings is 1. The van der Waals surface area contributed by atoms with Gasteiger partial charge in [0.1, 0.15) is 0 Å². The zero-order chi connectivity index (χ0) is 12.6. The second-order valence-corrected chi connectivity index (χ2v) is 5.00. The third-order valence-corrected chi connectivity index (χ3v) is 3.52. The second kappa shape index (κ2) is 7.44. The van der Waals surface area contributed by atoms with Gasteiger partial charge < -0.3 is 10.1 Å². The molecule has 1 aromatic heterocycles. The van der Waals surface area contributed by atoms with Crippen molar-refractivity contribution in [1.82, 2.24) is 15.3 Å². The van der Waals surface area contributed by atoms with Crippen molar-refractivity contribution in [3.05, 3.63) is 24.3 Å². The van der Waals surface area contributed by atoms with E-state index in [2.05, 4.69) is 15.3 Å². The first-order valence-electron chi connectivity index (χ1n) is 6.94. The minimum Gasteiger partial charge on any atom is -0.372 e. The fraction of sp³-hybridized carbons (Fsp3) is 0.714. The van der Waals surface area contributed by atoms with Crippen LogP contribution in [0.15, 0.2) is 18.6 Å². The average molecular weight is 249 g/mol. The van der Waals surface area contributed by atoms with Gasteiger partial charge in [0, 0.05) is 19.0 Å². The third-order valence-electron chi connectivity index (χ3n) is 3.52. The molecule has 0 saturated carbocycles. The van der Waals surface area contributed by atoms with Gasteiger partial charge >= 0.3 is 0 Å². The van der Waals surface area contributed by atoms with Gasteiger partial charge in [-0.05, 0) is 51.6 Å². The molecule has 0 aromatic carbocycles. The molecule has 18 heavy (non-hydrogen) atoms. The molecule has 0 aliphatic carbocycles. The lowest BCUT2D eigenvalue weighted by atomic mass is 9.95. The van der Waals surface area contributed by atoms with Gasteiger partial charge in [-0.1, -0.05) is 0 Å². The van der Waals surface area contributed by atoms with E-state index in [9.17, 15) is 0 Å². The zero-order valence-corrected chi connectivity index (χ0v) is 11.1. The summed E-state index contributed by atoms with van der Waals surface area (Å²) in [6.45, 7) is 5.22. The van der Waals surface area contributed by atoms with E-state index in [4.69, 9.17) is 4.74 Å². The van der Waals surface area contributed by atoms with Crippen molar-refractivity contribution in [2.45, 2.75) is 38.7 Å². The van der Waals surface area contributed by atoms with E-state index in [1.807, 2.05) is 6.92 Å². The van der Waals surface area contributed by atoms with Gasteiger partial charge in [0.25, 0.3) is 0 Å². The number of ether oxygens (including phenoxy) is 1. The Balaban J connectivity index is 1.60. The van der Waals surface area contributed by atoms with E-state index < -0.39 is 0 Å². The van der Waals surface area contributed by atoms with Crippen LogP contribution in [-0.4, -0.2) is 29.7 Å². The quantitative estimate of drug-likeness (QED) is 0.786. The highest BCUT2D eigenvalue weighted by Gasteiger charge is 2.13. The average Bonchev–Trinajstić information content (AvgIpc) is 2.45. The SMILES string of the molecule is C[C@H](OCCC[C@@H]1CCCNC1)c1cnccn1. The van der Waals surface area contributed by atoms with Gasteiger partial charge in [0.05, 0.1) is 18.0 Å². The Morgan fingerprint density at radius 2 is 2.44 bits per heavy atom. The third kappa shape index (κ3) is 4.35. The first kappa shape index (κ1) is 13.4. The molecule has 1 fully saturated rings. The fourth-order valence-electron chi connectivity index (χ4n) is 2.41. The molecule has 0 bridgehead atoms. The predicted molar refractivity (Wildman–Crippen MR) is 71.2 cm³/mol. The van der Waals surface area contributed by atoms with E-state index in [0.29, 0.717) is 0 Å². The Hall–Kier alpha value is -1.00. The van der Waals surface area contributed by atoms with Crippen LogP contribution in [0, 0.1) is 5.92 Å². The first-order valence-corrected chi connectivity index (χ1v) is 6.94. The van der Waals surface area contributed by atoms with E-state index in [1.165, 1.54) is 32.4 Å². The molecular formula is C14H23N3O. The molecule has 1 saturated heterocycles. The van der Waals surface area contributed by atoms with E-state index in [1.54, 1.807) is 18.6 Å². The van der Waals surface area contributed by atoms with Crippen LogP contribution >= 0.6 is 0 Å². The standard InChI is InChI=1S/C14H23N3O/c1-12(14-11-16-7-8-17-14)18-9-3-5-13-4-2-6-15-10-13/h7-8,11-13,15H,2-6,9-10H2,1H3/t12-,13-/m0/s1. The van der Waals surface area contributed by atoms with Crippen LogP contribution in [0.25, 0.3) is 0 Å². The molecule has 0 unspecified atom stereocenters. The summed E-state index contributed by atoms with van der Waals surface area (Å²) < 4.78 is 5.80. The van der Waals surface area contributed by atoms with Crippen LogP contribution < -0.4 is 5.32 Å². The summed E-state index contributed by atoms with van der Waals surface area (Å²) in [7, 11) is 0. The van der Waals surface area contributed by atoms with Crippen molar-refractivity contribution in [2.75, 3.05) is 19.7 Å². The van der Waals surface area contributed by atoms with E-state index >= 15 is 0 Å². The van der Waals surface area contributed by atoms with Gasteiger partial charge in [-0.15, -0.1) is 0 Å². The van der Waals surface area contributed by atoms with Crippen LogP contribution in [0.2, 0.25) is 0 Å². The number of nitrogens with zero attached hydrogens (tertiary/aromatic N) is 2. The van der Waals surface area contributed by atoms with Crippen molar-refractivity contribution in [1.29, 1.82) is 0 Å². The number of hydrogen-bond acceptors (Lipinski definition) is 4. The number of aromatic nitrogens is 2. The maximum absolute atomic E-state index is 5.80. The van der Waals surface area contributed by atoms with Crippen molar-refractivity contribution < 1.29 is 4.74 Å². The van der Waals surface area contributed by atoms with Crippen molar-refractivity contribution in [3.63, 3.8) is 0 Å². The largest absolute Gasteiger partial charge is 0.372 e. The van der Waals surface area contributed by atoms with Gasteiger partial charge in [-0.2, -0.15) is 0 Å². The molecule has 2 rings (SSSR count). The smallest absolute Gasteiger partial charge is 0.0982 e. The van der Waals surface area contributed by atoms with Crippen LogP contribution in [0.3, 0.4) is 0 Å². The predicted octanol–water partition coefficient (Wildman–Crippen LogP) is 2.33. The van der Waals surface area contributed by atoms with Crippen LogP contribution in [0.4, 0.5) is 0 Å². The lowest BCUT2D eigenvalue weighted by molar-refractivity contribution is 0.0572. The Morgan fingerprint density at radius 1 is 1.50 bits per heavy atom. The highest BCUT2D eigenvalue weighted by molar-refractivity contribution is 4.97. The Kier molecular flexibility index (Phi) is 5.55. The Bertz CT molecular complexity index is 325. The minimum absolute atomic E-state index is 0.0446. The van der Waals surface area contributed by atoms with Gasteiger partial charge in [-0.25, -0.2) is 0 Å². The molecule has 1 aliphatic rings. The summed E-state index contributed by atoms with van der Waals surface area (Å²) >= 11 is 0. The Labute approximate surface area is 109 Å². The molecule has 0 spiro atoms. The lowest BCUT2D eigenvalue weighted by Gasteiger charge is -2.22. The molecule has 1 aromatic rings. The summed E-state index contributed by atoms with van der Waals surface area (Å²) in [6.07, 6.45) is 10.3. The summed E-state index contributed by atoms with van der Waals surface area (Å²) in [4.78, 5) is 8.31. The number of nitrogens with one attached hydrogen (secondary N) is 1. The molecular weight excluding hydrogens is 226 g/mol. The van der Waals surface area contributed by atoms with Gasteiger partial charge in [0.2, 0.25) is 0 Å². The van der Waals surface area contributed by atoms with Gasteiger partial charge in [0.15, 0.2) is 0 Å². The number of hydrogen-bond donors (Lipinski definition) is 1. The van der Waals surface area contributed by atoms with Gasteiger partial charge in [-0.3, -0.25) is 9.97 Å². The molecule has 4 nitrogen and oxygen atoms in total. The minimum atomic E-state index is 0.0446. The summed E-state index contributed by atoms with van der Waals surface area (Å²) in [5.74, 6) is 0.842. The normalized spacial score (nSPS) is 21.7. The molecule has 0 amide bonds. The van der Waals surface area contributed by atoms with Crippen LogP contribution in [-0.2, 0) is 4.74 Å². The van der Waals surface area contributed by atoms with E-state index in [-0.39, 0.29) is 6.10 Å². The maximum atomic E-state index is 5.80. The van der Waals surface area contributed by atoms with Crippen molar-refractivity contribution in [2.24, 2.45) is 5.92 Å². The number of rotatable bonds is 6. The lowest BCUT2D eigenvalue weighted by Crippen LogP contribution is -2.29. The highest BCUT2D eigenvalue weighted by Crippen LogP contribution is 2.17. The molecule has 100 valence electrons. The van der Waals surface area contributed by atoms with E-state index in [0.717, 1.165) is 24.6 Å². The van der Waals surface area contributed by atoms with Crippen molar-refractivity contribution >= 4 is 0 Å². The Morgan fingerprint density at radius 3 is 3.17 bits per heavy atom. The van der Waals surface area contributed by atoms with Crippen LogP contribution in [0.1, 0.15) is 44.4 Å². The molecule has 2 atom stereocenters. The second-order valence-electron chi connectivity index (χ2n) is 5.00. The molecule has 2 heterocycles. The highest BCUT2D eigenvalue weighted by atomic mass is 16.5. The zero-order valence-electron chi connectivity index (χ0n) is 11.1. The fourth-order valence-corrected chi connectivity index (χ4v) is 2.41. The molecule has 4 heteroatoms. The topological polar surface area (TPSA) is 47.0 Å². The summed E-state index contributed by atoms with van der Waals surface area (Å²) in [5, 5.41) is 3.45. The summed E-state index contributed by atoms with van der Waals surface area (Å²) in [5.41, 5.74) is 0.914. The molecule has 1 aliphatic heterocycles. The maximum Gasteiger partial charge on any atom is 0.0982 e.